The van der Waals surface area contributed by atoms with Crippen LogP contribution >= 0.6 is 23.2 Å². The number of alkyl halides is 3. The number of aromatic amines is 1. The van der Waals surface area contributed by atoms with E-state index in [4.69, 9.17) is 23.2 Å². The Morgan fingerprint density at radius 1 is 1.16 bits per heavy atom. The van der Waals surface area contributed by atoms with Crippen molar-refractivity contribution in [3.8, 4) is 0 Å². The van der Waals surface area contributed by atoms with E-state index in [9.17, 15) is 31.2 Å². The molecule has 7 nitrogen and oxygen atoms in total. The smallest absolute Gasteiger partial charge is 0.327 e. The molecule has 2 aromatic rings. The summed E-state index contributed by atoms with van der Waals surface area (Å²) in [4.78, 5) is 26.0. The topological polar surface area (TPSA) is 99.3 Å². The van der Waals surface area contributed by atoms with Crippen LogP contribution in [0.25, 0.3) is 0 Å². The van der Waals surface area contributed by atoms with Gasteiger partial charge in [0.1, 0.15) is 10.6 Å². The van der Waals surface area contributed by atoms with Crippen LogP contribution in [0.4, 0.5) is 18.9 Å². The van der Waals surface area contributed by atoms with Crippen LogP contribution in [-0.2, 0) is 21.0 Å². The normalized spacial score (nSPS) is 16.3. The van der Waals surface area contributed by atoms with E-state index in [2.05, 4.69) is 5.32 Å². The van der Waals surface area contributed by atoms with Gasteiger partial charge in [-0.15, -0.1) is 0 Å². The number of nitrogens with one attached hydrogen (secondary N) is 2. The van der Waals surface area contributed by atoms with Crippen LogP contribution in [0.2, 0.25) is 10.0 Å². The number of piperidine rings is 1. The second-order valence-electron chi connectivity index (χ2n) is 6.87. The van der Waals surface area contributed by atoms with Gasteiger partial charge in [-0.05, 0) is 37.1 Å². The van der Waals surface area contributed by atoms with Gasteiger partial charge < -0.3 is 10.3 Å². The minimum absolute atomic E-state index is 0.00744. The fraction of sp³-hybridized carbons (Fsp3) is 0.333. The van der Waals surface area contributed by atoms with Gasteiger partial charge in [0.15, 0.2) is 0 Å². The summed E-state index contributed by atoms with van der Waals surface area (Å²) in [7, 11) is -3.95. The lowest BCUT2D eigenvalue weighted by atomic mass is 9.97. The molecule has 0 atom stereocenters. The Bertz CT molecular complexity index is 1160. The quantitative estimate of drug-likeness (QED) is 0.671. The van der Waals surface area contributed by atoms with Gasteiger partial charge >= 0.3 is 6.18 Å². The van der Waals surface area contributed by atoms with Gasteiger partial charge in [-0.2, -0.15) is 17.5 Å². The SMILES string of the molecule is O=C(Nc1cc(C(F)(F)F)c[nH]c1=O)C1CCN(S(=O)(=O)c2cc(Cl)ccc2Cl)CC1. The number of carbonyl (C=O) groups excluding carboxylic acids is 1. The molecule has 0 radical (unpaired) electrons. The van der Waals surface area contributed by atoms with Crippen molar-refractivity contribution in [2.45, 2.75) is 23.9 Å². The van der Waals surface area contributed by atoms with Gasteiger partial charge in [-0.3, -0.25) is 9.59 Å². The number of anilines is 1. The lowest BCUT2D eigenvalue weighted by molar-refractivity contribution is -0.137. The Balaban J connectivity index is 1.69. The van der Waals surface area contributed by atoms with Crippen LogP contribution in [0, 0.1) is 5.92 Å². The van der Waals surface area contributed by atoms with E-state index in [0.717, 1.165) is 4.31 Å². The molecule has 1 aromatic heterocycles. The standard InChI is InChI=1S/C18H16Cl2F3N3O4S/c19-12-1-2-13(20)15(8-12)31(29,30)26-5-3-10(4-6-26)16(27)25-14-7-11(18(21,22)23)9-24-17(14)28/h1-2,7-10H,3-6H2,(H,24,28)(H,25,27). The second kappa shape index (κ2) is 8.81. The molecule has 0 unspecified atom stereocenters. The van der Waals surface area contributed by atoms with Crippen LogP contribution in [0.1, 0.15) is 18.4 Å². The highest BCUT2D eigenvalue weighted by Gasteiger charge is 2.34. The molecule has 1 fully saturated rings. The summed E-state index contributed by atoms with van der Waals surface area (Å²) in [6, 6.07) is 4.61. The predicted octanol–water partition coefficient (Wildman–Crippen LogP) is 3.74. The van der Waals surface area contributed by atoms with Crippen LogP contribution in [0.3, 0.4) is 0 Å². The lowest BCUT2D eigenvalue weighted by Gasteiger charge is -2.30. The summed E-state index contributed by atoms with van der Waals surface area (Å²) < 4.78 is 65.3. The summed E-state index contributed by atoms with van der Waals surface area (Å²) in [5.74, 6) is -1.35. The first kappa shape index (κ1) is 23.6. The summed E-state index contributed by atoms with van der Waals surface area (Å²) in [5.41, 5.74) is -2.51. The molecule has 1 saturated heterocycles. The van der Waals surface area contributed by atoms with Crippen LogP contribution in [0.5, 0.6) is 0 Å². The number of pyridine rings is 1. The average Bonchev–Trinajstić information content (AvgIpc) is 2.70. The number of H-pyrrole nitrogens is 1. The van der Waals surface area contributed by atoms with Gasteiger partial charge in [0.2, 0.25) is 15.9 Å². The number of nitrogens with zero attached hydrogens (tertiary/aromatic N) is 1. The molecule has 3 rings (SSSR count). The van der Waals surface area contributed by atoms with Gasteiger partial charge in [0.05, 0.1) is 10.6 Å². The Labute approximate surface area is 185 Å². The highest BCUT2D eigenvalue weighted by atomic mass is 35.5. The third-order valence-corrected chi connectivity index (χ3v) is 7.44. The van der Waals surface area contributed by atoms with Crippen molar-refractivity contribution in [3.05, 3.63) is 56.4 Å². The highest BCUT2D eigenvalue weighted by Crippen LogP contribution is 2.31. The molecule has 0 saturated carbocycles. The number of hydrogen-bond acceptors (Lipinski definition) is 4. The van der Waals surface area contributed by atoms with Crippen molar-refractivity contribution in [1.29, 1.82) is 0 Å². The third kappa shape index (κ3) is 5.22. The number of aromatic nitrogens is 1. The second-order valence-corrected chi connectivity index (χ2v) is 9.62. The van der Waals surface area contributed by atoms with E-state index < -0.39 is 44.8 Å². The molecule has 2 N–H and O–H groups in total. The van der Waals surface area contributed by atoms with Gasteiger partial charge in [0, 0.05) is 30.2 Å². The summed E-state index contributed by atoms with van der Waals surface area (Å²) >= 11 is 11.9. The van der Waals surface area contributed by atoms with Crippen molar-refractivity contribution in [3.63, 3.8) is 0 Å². The monoisotopic (exact) mass is 497 g/mol. The molecule has 0 aliphatic carbocycles. The Morgan fingerprint density at radius 3 is 2.42 bits per heavy atom. The zero-order chi connectivity index (χ0) is 23.0. The van der Waals surface area contributed by atoms with Crippen LogP contribution < -0.4 is 10.9 Å². The van der Waals surface area contributed by atoms with E-state index in [1.165, 1.54) is 18.2 Å². The molecule has 13 heteroatoms. The van der Waals surface area contributed by atoms with Crippen molar-refractivity contribution in [2.75, 3.05) is 18.4 Å². The maximum atomic E-state index is 12.8. The number of rotatable bonds is 4. The molecule has 31 heavy (non-hydrogen) atoms. The van der Waals surface area contributed by atoms with Gasteiger partial charge in [0.25, 0.3) is 5.56 Å². The Kier molecular flexibility index (Phi) is 6.70. The van der Waals surface area contributed by atoms with E-state index in [1.807, 2.05) is 4.98 Å². The first-order chi connectivity index (χ1) is 14.4. The molecule has 168 valence electrons. The number of amides is 1. The molecule has 1 aliphatic heterocycles. The summed E-state index contributed by atoms with van der Waals surface area (Å²) in [6.07, 6.45) is -3.95. The molecule has 0 bridgehead atoms. The van der Waals surface area contributed by atoms with Crippen LogP contribution in [0.15, 0.2) is 40.2 Å². The summed E-state index contributed by atoms with van der Waals surface area (Å²) in [5, 5.41) is 2.41. The van der Waals surface area contributed by atoms with E-state index in [0.29, 0.717) is 12.3 Å². The number of halogens is 5. The van der Waals surface area contributed by atoms with Crippen LogP contribution in [-0.4, -0.2) is 36.7 Å². The van der Waals surface area contributed by atoms with E-state index in [-0.39, 0.29) is 40.9 Å². The average molecular weight is 498 g/mol. The largest absolute Gasteiger partial charge is 0.417 e. The first-order valence-electron chi connectivity index (χ1n) is 8.95. The number of hydrogen-bond donors (Lipinski definition) is 2. The fourth-order valence-corrected chi connectivity index (χ4v) is 5.35. The lowest BCUT2D eigenvalue weighted by Crippen LogP contribution is -2.41. The zero-order valence-electron chi connectivity index (χ0n) is 15.7. The fourth-order valence-electron chi connectivity index (χ4n) is 3.15. The number of carbonyl (C=O) groups is 1. The molecule has 1 aliphatic rings. The molecule has 1 amide bonds. The molecular formula is C18H16Cl2F3N3O4S. The highest BCUT2D eigenvalue weighted by molar-refractivity contribution is 7.89. The van der Waals surface area contributed by atoms with Crippen molar-refractivity contribution in [2.24, 2.45) is 5.92 Å². The maximum Gasteiger partial charge on any atom is 0.417 e. The van der Waals surface area contributed by atoms with Gasteiger partial charge in [-0.1, -0.05) is 23.2 Å². The number of benzene rings is 1. The molecule has 2 heterocycles. The summed E-state index contributed by atoms with van der Waals surface area (Å²) in [6.45, 7) is -0.0234. The third-order valence-electron chi connectivity index (χ3n) is 4.82. The predicted molar refractivity (Wildman–Crippen MR) is 109 cm³/mol. The maximum absolute atomic E-state index is 12.8. The van der Waals surface area contributed by atoms with Crippen molar-refractivity contribution < 1.29 is 26.4 Å². The van der Waals surface area contributed by atoms with Gasteiger partial charge in [-0.25, -0.2) is 8.42 Å². The minimum Gasteiger partial charge on any atom is -0.327 e. The van der Waals surface area contributed by atoms with Crippen molar-refractivity contribution >= 4 is 44.8 Å². The minimum atomic E-state index is -4.69. The molecule has 0 spiro atoms. The van der Waals surface area contributed by atoms with E-state index >= 15 is 0 Å². The Morgan fingerprint density at radius 2 is 1.81 bits per heavy atom. The molecule has 1 aromatic carbocycles. The zero-order valence-corrected chi connectivity index (χ0v) is 18.0. The number of sulfonamides is 1. The Hall–Kier alpha value is -2.08. The van der Waals surface area contributed by atoms with Crippen molar-refractivity contribution in [1.82, 2.24) is 9.29 Å². The first-order valence-corrected chi connectivity index (χ1v) is 11.1. The molecular weight excluding hydrogens is 482 g/mol. The van der Waals surface area contributed by atoms with E-state index in [1.54, 1.807) is 0 Å².